The highest BCUT2D eigenvalue weighted by atomic mass is 16.3. The molecule has 2 fully saturated rings. The summed E-state index contributed by atoms with van der Waals surface area (Å²) in [7, 11) is 0. The van der Waals surface area contributed by atoms with Gasteiger partial charge in [-0.2, -0.15) is 0 Å². The van der Waals surface area contributed by atoms with Crippen LogP contribution < -0.4 is 16.8 Å². The van der Waals surface area contributed by atoms with Crippen LogP contribution in [0.5, 0.6) is 5.75 Å². The Hall–Kier alpha value is -3.34. The van der Waals surface area contributed by atoms with Gasteiger partial charge in [0.25, 0.3) is 0 Å². The lowest BCUT2D eigenvalue weighted by Gasteiger charge is -2.36. The van der Waals surface area contributed by atoms with Crippen LogP contribution >= 0.6 is 0 Å². The quantitative estimate of drug-likeness (QED) is 0.214. The largest absolute Gasteiger partial charge is 0.508 e. The molecular weight excluding hydrogens is 488 g/mol. The Labute approximate surface area is 224 Å². The lowest BCUT2D eigenvalue weighted by atomic mass is 9.96. The summed E-state index contributed by atoms with van der Waals surface area (Å²) in [6, 6.07) is 4.85. The molecule has 0 radical (unpaired) electrons. The maximum absolute atomic E-state index is 13.6. The number of benzene rings is 1. The van der Waals surface area contributed by atoms with E-state index in [-0.39, 0.29) is 35.9 Å². The molecular formula is C27H42N6O5. The van der Waals surface area contributed by atoms with Crippen LogP contribution in [0.4, 0.5) is 0 Å². The molecule has 7 N–H and O–H groups in total. The average molecular weight is 531 g/mol. The van der Waals surface area contributed by atoms with Crippen molar-refractivity contribution in [1.82, 2.24) is 15.1 Å². The zero-order valence-corrected chi connectivity index (χ0v) is 22.4. The minimum atomic E-state index is -1.35. The van der Waals surface area contributed by atoms with E-state index in [1.54, 1.807) is 17.0 Å². The molecule has 0 aromatic heterocycles. The molecule has 0 spiro atoms. The van der Waals surface area contributed by atoms with Gasteiger partial charge in [-0.25, -0.2) is 0 Å². The zero-order valence-electron chi connectivity index (χ0n) is 22.4. The van der Waals surface area contributed by atoms with E-state index in [1.165, 1.54) is 12.1 Å². The van der Waals surface area contributed by atoms with E-state index in [4.69, 9.17) is 11.5 Å². The van der Waals surface area contributed by atoms with Crippen LogP contribution in [0.3, 0.4) is 0 Å². The molecule has 2 aliphatic rings. The number of nitrogens with one attached hydrogen (secondary N) is 1. The van der Waals surface area contributed by atoms with E-state index in [0.717, 1.165) is 19.3 Å². The van der Waals surface area contributed by atoms with E-state index in [9.17, 15) is 24.6 Å². The number of carbonyl (C=O) groups is 3. The highest BCUT2D eigenvalue weighted by Crippen LogP contribution is 2.25. The van der Waals surface area contributed by atoms with Gasteiger partial charge in [-0.3, -0.25) is 19.4 Å². The smallest absolute Gasteiger partial charge is 0.249 e. The second-order valence-corrected chi connectivity index (χ2v) is 10.8. The first-order chi connectivity index (χ1) is 18.0. The van der Waals surface area contributed by atoms with Crippen molar-refractivity contribution in [2.24, 2.45) is 28.3 Å². The number of aliphatic hydroxyl groups is 1. The Morgan fingerprint density at radius 3 is 2.34 bits per heavy atom. The maximum Gasteiger partial charge on any atom is 0.249 e. The lowest BCUT2D eigenvalue weighted by Crippen LogP contribution is -2.56. The Balaban J connectivity index is 1.61. The summed E-state index contributed by atoms with van der Waals surface area (Å²) in [6.07, 6.45) is 2.00. The van der Waals surface area contributed by atoms with Gasteiger partial charge in [0.05, 0.1) is 0 Å². The molecule has 1 aromatic rings. The lowest BCUT2D eigenvalue weighted by molar-refractivity contribution is -0.147. The third-order valence-corrected chi connectivity index (χ3v) is 7.27. The van der Waals surface area contributed by atoms with Gasteiger partial charge in [-0.05, 0) is 61.6 Å². The fourth-order valence-corrected chi connectivity index (χ4v) is 5.18. The van der Waals surface area contributed by atoms with E-state index >= 15 is 0 Å². The highest BCUT2D eigenvalue weighted by molar-refractivity contribution is 5.93. The third-order valence-electron chi connectivity index (χ3n) is 7.27. The molecule has 11 nitrogen and oxygen atoms in total. The summed E-state index contributed by atoms with van der Waals surface area (Å²) >= 11 is 0. The molecule has 210 valence electrons. The number of carbonyl (C=O) groups excluding carboxylic acids is 3. The van der Waals surface area contributed by atoms with Crippen molar-refractivity contribution in [2.75, 3.05) is 26.2 Å². The van der Waals surface area contributed by atoms with Gasteiger partial charge in [0.2, 0.25) is 17.7 Å². The summed E-state index contributed by atoms with van der Waals surface area (Å²) in [5.41, 5.74) is 11.5. The van der Waals surface area contributed by atoms with Crippen LogP contribution in [0.1, 0.15) is 51.5 Å². The van der Waals surface area contributed by atoms with Gasteiger partial charge >= 0.3 is 0 Å². The number of aliphatic imine (C=N–C) groups is 1. The van der Waals surface area contributed by atoms with Crippen molar-refractivity contribution in [3.05, 3.63) is 29.8 Å². The second-order valence-electron chi connectivity index (χ2n) is 10.8. The second kappa shape index (κ2) is 13.5. The molecule has 3 atom stereocenters. The van der Waals surface area contributed by atoms with Crippen LogP contribution in [0.25, 0.3) is 0 Å². The Kier molecular flexibility index (Phi) is 10.3. The number of piperidine rings is 1. The summed E-state index contributed by atoms with van der Waals surface area (Å²) < 4.78 is 0. The van der Waals surface area contributed by atoms with Gasteiger partial charge in [0.15, 0.2) is 5.96 Å². The average Bonchev–Trinajstić information content (AvgIpc) is 3.37. The van der Waals surface area contributed by atoms with Crippen LogP contribution in [0.15, 0.2) is 29.3 Å². The number of amides is 3. The van der Waals surface area contributed by atoms with Crippen molar-refractivity contribution in [2.45, 2.75) is 70.6 Å². The monoisotopic (exact) mass is 530 g/mol. The zero-order chi connectivity index (χ0) is 27.8. The summed E-state index contributed by atoms with van der Waals surface area (Å²) in [4.78, 5) is 47.4. The van der Waals surface area contributed by atoms with E-state index in [0.29, 0.717) is 50.5 Å². The summed E-state index contributed by atoms with van der Waals surface area (Å²) in [5.74, 6) is -0.386. The van der Waals surface area contributed by atoms with Crippen molar-refractivity contribution in [3.8, 4) is 5.75 Å². The first-order valence-corrected chi connectivity index (χ1v) is 13.5. The first-order valence-electron chi connectivity index (χ1n) is 13.5. The molecule has 2 saturated heterocycles. The number of nitrogens with zero attached hydrogens (tertiary/aromatic N) is 3. The van der Waals surface area contributed by atoms with Crippen molar-refractivity contribution in [3.63, 3.8) is 0 Å². The van der Waals surface area contributed by atoms with Gasteiger partial charge in [-0.1, -0.05) is 26.0 Å². The highest BCUT2D eigenvalue weighted by Gasteiger charge is 2.40. The minimum Gasteiger partial charge on any atom is -0.508 e. The Morgan fingerprint density at radius 1 is 1.08 bits per heavy atom. The van der Waals surface area contributed by atoms with Crippen LogP contribution in [-0.4, -0.2) is 88.1 Å². The van der Waals surface area contributed by atoms with E-state index in [2.05, 4.69) is 10.3 Å². The Morgan fingerprint density at radius 2 is 1.74 bits per heavy atom. The number of aromatic hydroxyl groups is 1. The van der Waals surface area contributed by atoms with Crippen molar-refractivity contribution >= 4 is 23.7 Å². The molecule has 38 heavy (non-hydrogen) atoms. The number of hydrogen-bond donors (Lipinski definition) is 5. The number of nitrogens with two attached hydrogens (primary N) is 2. The maximum atomic E-state index is 13.6. The predicted molar refractivity (Wildman–Crippen MR) is 144 cm³/mol. The fraction of sp³-hybridized carbons (Fsp3) is 0.630. The molecule has 3 rings (SSSR count). The van der Waals surface area contributed by atoms with Crippen LogP contribution in [0.2, 0.25) is 0 Å². The van der Waals surface area contributed by atoms with E-state index in [1.807, 2.05) is 18.7 Å². The standard InChI is InChI=1S/C27H42N6O5/c1-17(2)14-21(31-24(36)23(35)15-18-5-7-20(34)8-6-18)25(37)33-11-3-4-22(33)26(38)32-12-9-19(10-13-32)16-30-27(28)29/h5-8,17,19,21-23,34-35H,3-4,9-16H2,1-2H3,(H,31,36)(H4,28,29,30)/t21-,22+,23-/m1/s1. The molecule has 2 heterocycles. The Bertz CT molecular complexity index is 986. The minimum absolute atomic E-state index is 0.0542. The molecule has 3 amide bonds. The summed E-state index contributed by atoms with van der Waals surface area (Å²) in [5, 5.41) is 22.7. The molecule has 0 aliphatic carbocycles. The molecule has 2 aliphatic heterocycles. The van der Waals surface area contributed by atoms with Gasteiger partial charge in [-0.15, -0.1) is 0 Å². The predicted octanol–water partition coefficient (Wildman–Crippen LogP) is 0.330. The molecule has 0 unspecified atom stereocenters. The SMILES string of the molecule is CC(C)C[C@@H](NC(=O)[C@H](O)Cc1ccc(O)cc1)C(=O)N1CCC[C@H]1C(=O)N1CCC(CN=C(N)N)CC1. The first kappa shape index (κ1) is 29.2. The number of hydrogen-bond acceptors (Lipinski definition) is 6. The molecule has 11 heteroatoms. The van der Waals surface area contributed by atoms with Crippen LogP contribution in [0, 0.1) is 11.8 Å². The number of rotatable bonds is 10. The number of phenols is 1. The molecule has 0 bridgehead atoms. The van der Waals surface area contributed by atoms with Crippen molar-refractivity contribution in [1.29, 1.82) is 0 Å². The van der Waals surface area contributed by atoms with Crippen LogP contribution in [-0.2, 0) is 20.8 Å². The third kappa shape index (κ3) is 8.08. The topological polar surface area (TPSA) is 175 Å². The van der Waals surface area contributed by atoms with Crippen molar-refractivity contribution < 1.29 is 24.6 Å². The molecule has 1 aromatic carbocycles. The van der Waals surface area contributed by atoms with Gasteiger partial charge < -0.3 is 36.8 Å². The number of guanidine groups is 1. The van der Waals surface area contributed by atoms with Gasteiger partial charge in [0, 0.05) is 32.6 Å². The van der Waals surface area contributed by atoms with Gasteiger partial charge in [0.1, 0.15) is 23.9 Å². The number of aliphatic hydroxyl groups excluding tert-OH is 1. The number of phenolic OH excluding ortho intramolecular Hbond substituents is 1. The summed E-state index contributed by atoms with van der Waals surface area (Å²) in [6.45, 7) is 6.11. The number of likely N-dealkylation sites (tertiary alicyclic amines) is 2. The van der Waals surface area contributed by atoms with E-state index < -0.39 is 24.1 Å². The normalized spacial score (nSPS) is 19.7. The fourth-order valence-electron chi connectivity index (χ4n) is 5.18. The molecule has 0 saturated carbocycles.